The molecule has 0 aromatic rings. The van der Waals surface area contributed by atoms with E-state index in [4.69, 9.17) is 14.2 Å². The lowest BCUT2D eigenvalue weighted by molar-refractivity contribution is -0.167. The first-order valence-electron chi connectivity index (χ1n) is 30.2. The number of ether oxygens (including phenoxy) is 3. The van der Waals surface area contributed by atoms with Gasteiger partial charge in [0.1, 0.15) is 13.2 Å². The molecule has 67 heavy (non-hydrogen) atoms. The Morgan fingerprint density at radius 3 is 0.746 bits per heavy atom. The average Bonchev–Trinajstić information content (AvgIpc) is 3.33. The Bertz CT molecular complexity index is 1040. The fraction of sp³-hybridized carbons (Fsp3) is 0.918. The zero-order valence-corrected chi connectivity index (χ0v) is 45.5. The standard InChI is InChI=1S/C61H116O6/c1-4-7-10-13-15-17-19-21-23-25-27-29-30-32-33-35-37-39-41-43-45-48-51-54-60(63)66-57-58(56-65-59(62)53-50-47-12-9-6-3)67-61(64)55-52-49-46-44-42-40-38-36-34-31-28-26-24-22-20-18-16-14-11-8-5-2/h25,27,58H,4-24,26,28-57H2,1-3H3/b27-25-. The number of unbranched alkanes of at least 4 members (excludes halogenated alkanes) is 43. The highest BCUT2D eigenvalue weighted by atomic mass is 16.6. The quantitative estimate of drug-likeness (QED) is 0.0262. The number of carbonyl (C=O) groups is 3. The van der Waals surface area contributed by atoms with E-state index in [1.807, 2.05) is 0 Å². The smallest absolute Gasteiger partial charge is 0.306 e. The summed E-state index contributed by atoms with van der Waals surface area (Å²) in [6, 6.07) is 0. The van der Waals surface area contributed by atoms with Crippen molar-refractivity contribution in [3.8, 4) is 0 Å². The van der Waals surface area contributed by atoms with Crippen LogP contribution in [-0.4, -0.2) is 37.2 Å². The summed E-state index contributed by atoms with van der Waals surface area (Å²) in [4.78, 5) is 37.8. The summed E-state index contributed by atoms with van der Waals surface area (Å²) in [5.74, 6) is -0.857. The fourth-order valence-corrected chi connectivity index (χ4v) is 9.21. The van der Waals surface area contributed by atoms with Crippen molar-refractivity contribution in [2.45, 2.75) is 348 Å². The van der Waals surface area contributed by atoms with Gasteiger partial charge in [-0.15, -0.1) is 0 Å². The van der Waals surface area contributed by atoms with E-state index in [-0.39, 0.29) is 31.1 Å². The van der Waals surface area contributed by atoms with Crippen molar-refractivity contribution in [2.24, 2.45) is 0 Å². The van der Waals surface area contributed by atoms with E-state index in [0.717, 1.165) is 64.2 Å². The van der Waals surface area contributed by atoms with Crippen molar-refractivity contribution in [1.82, 2.24) is 0 Å². The minimum atomic E-state index is -0.762. The van der Waals surface area contributed by atoms with Crippen molar-refractivity contribution < 1.29 is 28.6 Å². The van der Waals surface area contributed by atoms with Crippen molar-refractivity contribution in [3.05, 3.63) is 12.2 Å². The van der Waals surface area contributed by atoms with Gasteiger partial charge < -0.3 is 14.2 Å². The van der Waals surface area contributed by atoms with E-state index in [2.05, 4.69) is 32.9 Å². The molecular formula is C61H116O6. The summed E-state index contributed by atoms with van der Waals surface area (Å²) in [6.07, 6.45) is 65.5. The summed E-state index contributed by atoms with van der Waals surface area (Å²) < 4.78 is 16.8. The number of hydrogen-bond acceptors (Lipinski definition) is 6. The van der Waals surface area contributed by atoms with E-state index in [9.17, 15) is 14.4 Å². The highest BCUT2D eigenvalue weighted by Crippen LogP contribution is 2.18. The lowest BCUT2D eigenvalue weighted by Crippen LogP contribution is -2.30. The number of carbonyl (C=O) groups excluding carboxylic acids is 3. The summed E-state index contributed by atoms with van der Waals surface area (Å²) in [6.45, 7) is 6.62. The first-order chi connectivity index (χ1) is 33.0. The maximum atomic E-state index is 12.8. The van der Waals surface area contributed by atoms with Gasteiger partial charge in [0.2, 0.25) is 0 Å². The monoisotopic (exact) mass is 945 g/mol. The Labute approximate surface area is 418 Å². The predicted octanol–water partition coefficient (Wildman–Crippen LogP) is 20.1. The molecule has 396 valence electrons. The maximum Gasteiger partial charge on any atom is 0.306 e. The zero-order chi connectivity index (χ0) is 48.6. The predicted molar refractivity (Wildman–Crippen MR) is 289 cm³/mol. The lowest BCUT2D eigenvalue weighted by Gasteiger charge is -2.18. The van der Waals surface area contributed by atoms with Crippen molar-refractivity contribution in [2.75, 3.05) is 13.2 Å². The Kier molecular flexibility index (Phi) is 55.2. The molecule has 0 spiro atoms. The van der Waals surface area contributed by atoms with Gasteiger partial charge >= 0.3 is 17.9 Å². The van der Waals surface area contributed by atoms with Gasteiger partial charge in [0.25, 0.3) is 0 Å². The van der Waals surface area contributed by atoms with Crippen LogP contribution in [0.15, 0.2) is 12.2 Å². The fourth-order valence-electron chi connectivity index (χ4n) is 9.21. The second-order valence-electron chi connectivity index (χ2n) is 20.6. The van der Waals surface area contributed by atoms with E-state index in [1.54, 1.807) is 0 Å². The molecule has 0 N–H and O–H groups in total. The molecule has 1 atom stereocenters. The molecular weight excluding hydrogens is 829 g/mol. The number of hydrogen-bond donors (Lipinski definition) is 0. The van der Waals surface area contributed by atoms with Crippen LogP contribution in [0.3, 0.4) is 0 Å². The molecule has 0 heterocycles. The Hall–Kier alpha value is -1.85. The molecule has 0 saturated carbocycles. The van der Waals surface area contributed by atoms with Crippen LogP contribution < -0.4 is 0 Å². The highest BCUT2D eigenvalue weighted by molar-refractivity contribution is 5.71. The van der Waals surface area contributed by atoms with Gasteiger partial charge in [-0.25, -0.2) is 0 Å². The van der Waals surface area contributed by atoms with Crippen LogP contribution in [0.2, 0.25) is 0 Å². The third kappa shape index (κ3) is 55.0. The van der Waals surface area contributed by atoms with E-state index in [0.29, 0.717) is 19.3 Å². The number of allylic oxidation sites excluding steroid dienone is 2. The molecule has 0 aromatic heterocycles. The van der Waals surface area contributed by atoms with Crippen molar-refractivity contribution >= 4 is 17.9 Å². The van der Waals surface area contributed by atoms with Gasteiger partial charge in [-0.05, 0) is 44.9 Å². The third-order valence-electron chi connectivity index (χ3n) is 13.8. The van der Waals surface area contributed by atoms with E-state index < -0.39 is 6.10 Å². The molecule has 0 fully saturated rings. The van der Waals surface area contributed by atoms with Crippen LogP contribution in [0.1, 0.15) is 342 Å². The summed E-state index contributed by atoms with van der Waals surface area (Å²) in [5.41, 5.74) is 0. The van der Waals surface area contributed by atoms with Crippen molar-refractivity contribution in [3.63, 3.8) is 0 Å². The van der Waals surface area contributed by atoms with Gasteiger partial charge in [-0.1, -0.05) is 290 Å². The van der Waals surface area contributed by atoms with Gasteiger partial charge in [-0.2, -0.15) is 0 Å². The van der Waals surface area contributed by atoms with Gasteiger partial charge in [-0.3, -0.25) is 14.4 Å². The summed E-state index contributed by atoms with van der Waals surface area (Å²) in [7, 11) is 0. The Morgan fingerprint density at radius 2 is 0.493 bits per heavy atom. The Morgan fingerprint density at radius 1 is 0.284 bits per heavy atom. The van der Waals surface area contributed by atoms with Gasteiger partial charge in [0, 0.05) is 19.3 Å². The van der Waals surface area contributed by atoms with Crippen molar-refractivity contribution in [1.29, 1.82) is 0 Å². The Balaban J connectivity index is 4.01. The first-order valence-corrected chi connectivity index (χ1v) is 30.2. The number of rotatable bonds is 56. The second kappa shape index (κ2) is 56.7. The molecule has 0 aromatic carbocycles. The maximum absolute atomic E-state index is 12.8. The molecule has 0 saturated heterocycles. The average molecular weight is 946 g/mol. The minimum absolute atomic E-state index is 0.0658. The van der Waals surface area contributed by atoms with Crippen LogP contribution in [0.5, 0.6) is 0 Å². The molecule has 0 rings (SSSR count). The zero-order valence-electron chi connectivity index (χ0n) is 45.5. The summed E-state index contributed by atoms with van der Waals surface area (Å²) in [5, 5.41) is 0. The van der Waals surface area contributed by atoms with Crippen LogP contribution in [0.4, 0.5) is 0 Å². The van der Waals surface area contributed by atoms with Crippen LogP contribution in [0, 0.1) is 0 Å². The molecule has 0 bridgehead atoms. The van der Waals surface area contributed by atoms with E-state index >= 15 is 0 Å². The summed E-state index contributed by atoms with van der Waals surface area (Å²) >= 11 is 0. The topological polar surface area (TPSA) is 78.9 Å². The molecule has 0 amide bonds. The van der Waals surface area contributed by atoms with Crippen LogP contribution in [0.25, 0.3) is 0 Å². The molecule has 0 aliphatic carbocycles. The normalized spacial score (nSPS) is 12.0. The minimum Gasteiger partial charge on any atom is -0.462 e. The molecule has 1 unspecified atom stereocenters. The number of esters is 3. The highest BCUT2D eigenvalue weighted by Gasteiger charge is 2.19. The van der Waals surface area contributed by atoms with Crippen LogP contribution in [-0.2, 0) is 28.6 Å². The molecule has 0 aliphatic heterocycles. The molecule has 6 heteroatoms. The lowest BCUT2D eigenvalue weighted by atomic mass is 10.0. The molecule has 0 radical (unpaired) electrons. The molecule has 0 aliphatic rings. The largest absolute Gasteiger partial charge is 0.462 e. The van der Waals surface area contributed by atoms with Gasteiger partial charge in [0.15, 0.2) is 6.10 Å². The van der Waals surface area contributed by atoms with Crippen LogP contribution >= 0.6 is 0 Å². The van der Waals surface area contributed by atoms with E-state index in [1.165, 1.54) is 238 Å². The van der Waals surface area contributed by atoms with Gasteiger partial charge in [0.05, 0.1) is 0 Å². The first kappa shape index (κ1) is 65.1. The molecule has 6 nitrogen and oxygen atoms in total. The second-order valence-corrected chi connectivity index (χ2v) is 20.6. The third-order valence-corrected chi connectivity index (χ3v) is 13.8. The SMILES string of the molecule is CCCCCCCCCC/C=C\CCCCCCCCCCCCCC(=O)OCC(COC(=O)CCCCCCC)OC(=O)CCCCCCCCCCCCCCCCCCCCCCC.